The molecule has 1 aromatic rings. The van der Waals surface area contributed by atoms with Crippen molar-refractivity contribution in [3.63, 3.8) is 0 Å². The third kappa shape index (κ3) is 1.07. The Morgan fingerprint density at radius 2 is 2.30 bits per heavy atom. The van der Waals surface area contributed by atoms with Crippen LogP contribution in [-0.2, 0) is 5.11 Å². The number of aryl methyl sites for hydroxylation is 1. The average Bonchev–Trinajstić information content (AvgIpc) is 1.93. The predicted octanol–water partition coefficient (Wildman–Crippen LogP) is 2.00. The van der Waals surface area contributed by atoms with Crippen LogP contribution >= 0.6 is 15.9 Å². The summed E-state index contributed by atoms with van der Waals surface area (Å²) in [5, 5.41) is 19.8. The first-order chi connectivity index (χ1) is 4.63. The van der Waals surface area contributed by atoms with Gasteiger partial charge in [-0.15, -0.1) is 0 Å². The van der Waals surface area contributed by atoms with Crippen molar-refractivity contribution in [2.45, 2.75) is 6.92 Å². The summed E-state index contributed by atoms with van der Waals surface area (Å²) in [6, 6.07) is 0. The predicted molar refractivity (Wildman–Crippen MR) is 38.5 cm³/mol. The van der Waals surface area contributed by atoms with E-state index in [-0.39, 0.29) is 5.75 Å². The molecule has 0 aliphatic heterocycles. The topological polar surface area (TPSA) is 53.0 Å². The van der Waals surface area contributed by atoms with Gasteiger partial charge in [-0.25, -0.2) is 0 Å². The Labute approximate surface area is 66.5 Å². The lowest BCUT2D eigenvalue weighted by molar-refractivity contribution is 0.318. The third-order valence-electron chi connectivity index (χ3n) is 1.14. The summed E-state index contributed by atoms with van der Waals surface area (Å²) < 4.78 is 0.336. The number of aromatic nitrogens is 1. The Kier molecular flexibility index (Phi) is 1.80. The van der Waals surface area contributed by atoms with Crippen LogP contribution in [0.2, 0.25) is 0 Å². The first-order valence-corrected chi connectivity index (χ1v) is 3.43. The molecule has 1 rings (SSSR count). The molecule has 1 radical (unpaired) electrons. The minimum Gasteiger partial charge on any atom is -0.503 e. The molecule has 0 fully saturated rings. The lowest BCUT2D eigenvalue weighted by Gasteiger charge is -1.97. The molecule has 10 heavy (non-hydrogen) atoms. The number of rotatable bonds is 0. The second-order valence-electron chi connectivity index (χ2n) is 1.87. The number of halogens is 1. The van der Waals surface area contributed by atoms with Gasteiger partial charge in [0.05, 0.1) is 10.2 Å². The van der Waals surface area contributed by atoms with E-state index < -0.39 is 5.75 Å². The van der Waals surface area contributed by atoms with Gasteiger partial charge in [-0.3, -0.25) is 10.1 Å². The van der Waals surface area contributed by atoms with Crippen molar-refractivity contribution in [3.8, 4) is 11.5 Å². The summed E-state index contributed by atoms with van der Waals surface area (Å²) in [7, 11) is 0. The summed E-state index contributed by atoms with van der Waals surface area (Å²) in [4.78, 5) is 3.72. The van der Waals surface area contributed by atoms with Crippen LogP contribution in [0.1, 0.15) is 5.69 Å². The van der Waals surface area contributed by atoms with E-state index in [0.29, 0.717) is 10.2 Å². The van der Waals surface area contributed by atoms with Gasteiger partial charge in [0.1, 0.15) is 0 Å². The molecular weight excluding hydrogens is 198 g/mol. The lowest BCUT2D eigenvalue weighted by atomic mass is 10.3. The van der Waals surface area contributed by atoms with Crippen molar-refractivity contribution < 1.29 is 10.2 Å². The summed E-state index contributed by atoms with van der Waals surface area (Å²) in [5.74, 6) is -0.693. The molecule has 0 unspecified atom stereocenters. The molecule has 0 amide bonds. The standard InChI is InChI=1S/C6H5BrNO2/c1-3-5(9)6(10)4(7)2-8-3/h2H,1H3,(H,8,10). The molecule has 0 spiro atoms. The van der Waals surface area contributed by atoms with Gasteiger partial charge in [0.25, 0.3) is 0 Å². The van der Waals surface area contributed by atoms with E-state index in [9.17, 15) is 5.11 Å². The van der Waals surface area contributed by atoms with E-state index in [4.69, 9.17) is 5.11 Å². The van der Waals surface area contributed by atoms with Crippen molar-refractivity contribution in [1.82, 2.24) is 4.98 Å². The van der Waals surface area contributed by atoms with Crippen LogP contribution in [0.25, 0.3) is 0 Å². The second-order valence-corrected chi connectivity index (χ2v) is 2.72. The van der Waals surface area contributed by atoms with E-state index in [2.05, 4.69) is 20.9 Å². The van der Waals surface area contributed by atoms with Crippen molar-refractivity contribution in [3.05, 3.63) is 16.4 Å². The maximum absolute atomic E-state index is 10.8. The summed E-state index contributed by atoms with van der Waals surface area (Å²) >= 11 is 2.97. The fraction of sp³-hybridized carbons (Fsp3) is 0.167. The zero-order valence-corrected chi connectivity index (χ0v) is 6.84. The molecule has 0 aliphatic rings. The molecule has 1 aromatic heterocycles. The van der Waals surface area contributed by atoms with Crippen LogP contribution in [0.3, 0.4) is 0 Å². The monoisotopic (exact) mass is 202 g/mol. The number of aromatic hydroxyl groups is 1. The van der Waals surface area contributed by atoms with E-state index in [1.54, 1.807) is 6.92 Å². The van der Waals surface area contributed by atoms with Crippen LogP contribution < -0.4 is 0 Å². The van der Waals surface area contributed by atoms with Gasteiger partial charge in [0.2, 0.25) is 5.75 Å². The molecule has 0 aliphatic carbocycles. The molecule has 53 valence electrons. The highest BCUT2D eigenvalue weighted by molar-refractivity contribution is 9.10. The van der Waals surface area contributed by atoms with Gasteiger partial charge in [-0.2, -0.15) is 0 Å². The van der Waals surface area contributed by atoms with Crippen LogP contribution in [0, 0.1) is 6.92 Å². The Morgan fingerprint density at radius 3 is 2.80 bits per heavy atom. The van der Waals surface area contributed by atoms with Crippen molar-refractivity contribution >= 4 is 15.9 Å². The second kappa shape index (κ2) is 2.46. The fourth-order valence-electron chi connectivity index (χ4n) is 0.553. The molecule has 1 heterocycles. The molecule has 0 saturated heterocycles. The van der Waals surface area contributed by atoms with E-state index in [1.807, 2.05) is 0 Å². The number of nitrogens with zero attached hydrogens (tertiary/aromatic N) is 1. The minimum absolute atomic E-state index is 0.271. The SMILES string of the molecule is Cc1ncc(Br)c(O)c1[O]. The first kappa shape index (κ1) is 7.34. The van der Waals surface area contributed by atoms with Gasteiger partial charge in [0, 0.05) is 6.20 Å². The molecule has 3 nitrogen and oxygen atoms in total. The number of pyridine rings is 1. The zero-order chi connectivity index (χ0) is 7.72. The van der Waals surface area contributed by atoms with Crippen molar-refractivity contribution in [2.75, 3.05) is 0 Å². The largest absolute Gasteiger partial charge is 0.503 e. The summed E-state index contributed by atoms with van der Waals surface area (Å²) in [6.07, 6.45) is 1.39. The number of hydrogen-bond donors (Lipinski definition) is 1. The van der Waals surface area contributed by atoms with Crippen LogP contribution in [0.5, 0.6) is 11.5 Å². The van der Waals surface area contributed by atoms with E-state index in [0.717, 1.165) is 0 Å². The van der Waals surface area contributed by atoms with E-state index in [1.165, 1.54) is 6.20 Å². The average molecular weight is 203 g/mol. The highest BCUT2D eigenvalue weighted by Gasteiger charge is 2.09. The molecule has 4 heteroatoms. The van der Waals surface area contributed by atoms with Gasteiger partial charge in [-0.05, 0) is 22.9 Å². The normalized spacial score (nSPS) is 9.80. The molecule has 0 bridgehead atoms. The molecule has 0 aromatic carbocycles. The fourth-order valence-corrected chi connectivity index (χ4v) is 0.836. The van der Waals surface area contributed by atoms with Crippen LogP contribution in [0.15, 0.2) is 10.7 Å². The van der Waals surface area contributed by atoms with Gasteiger partial charge < -0.3 is 5.11 Å². The third-order valence-corrected chi connectivity index (χ3v) is 1.72. The van der Waals surface area contributed by atoms with E-state index >= 15 is 0 Å². The quantitative estimate of drug-likeness (QED) is 0.700. The highest BCUT2D eigenvalue weighted by Crippen LogP contribution is 2.34. The Balaban J connectivity index is 3.34. The molecule has 1 N–H and O–H groups in total. The maximum Gasteiger partial charge on any atom is 0.242 e. The maximum atomic E-state index is 10.8. The van der Waals surface area contributed by atoms with Crippen LogP contribution in [0.4, 0.5) is 0 Å². The van der Waals surface area contributed by atoms with Gasteiger partial charge in [0.15, 0.2) is 5.75 Å². The summed E-state index contributed by atoms with van der Waals surface area (Å²) in [5.41, 5.74) is 0.306. The van der Waals surface area contributed by atoms with Gasteiger partial charge in [-0.1, -0.05) is 0 Å². The Hall–Kier alpha value is -0.770. The Morgan fingerprint density at radius 1 is 1.70 bits per heavy atom. The van der Waals surface area contributed by atoms with Crippen LogP contribution in [-0.4, -0.2) is 10.1 Å². The summed E-state index contributed by atoms with van der Waals surface area (Å²) in [6.45, 7) is 1.55. The van der Waals surface area contributed by atoms with Crippen molar-refractivity contribution in [1.29, 1.82) is 0 Å². The molecule has 0 saturated carbocycles. The highest BCUT2D eigenvalue weighted by atomic mass is 79.9. The number of hydrogen-bond acceptors (Lipinski definition) is 2. The smallest absolute Gasteiger partial charge is 0.242 e. The Bertz CT molecular complexity index is 235. The first-order valence-electron chi connectivity index (χ1n) is 2.64. The lowest BCUT2D eigenvalue weighted by Crippen LogP contribution is -1.80. The van der Waals surface area contributed by atoms with Gasteiger partial charge >= 0.3 is 0 Å². The zero-order valence-electron chi connectivity index (χ0n) is 5.26. The molecular formula is C6H5BrNO2. The molecule has 0 atom stereocenters. The minimum atomic E-state index is -0.422. The van der Waals surface area contributed by atoms with Crippen molar-refractivity contribution in [2.24, 2.45) is 0 Å².